The van der Waals surface area contributed by atoms with Gasteiger partial charge in [0.25, 0.3) is 0 Å². The highest BCUT2D eigenvalue weighted by Crippen LogP contribution is 2.28. The smallest absolute Gasteiger partial charge is 0.312 e. The molecule has 0 aromatic heterocycles. The van der Waals surface area contributed by atoms with Crippen LogP contribution < -0.4 is 0 Å². The van der Waals surface area contributed by atoms with Crippen molar-refractivity contribution >= 4 is 11.8 Å². The standard InChI is InChI=1S/C9H14N2O2/c1-2-10-5-6-11(7-3-4-7)9(13)8(10)12/h7H,2-6H2,1H3. The third-order valence-electron chi connectivity index (χ3n) is 2.71. The second kappa shape index (κ2) is 3.01. The molecule has 0 atom stereocenters. The average Bonchev–Trinajstić information content (AvgIpc) is 2.93. The van der Waals surface area contributed by atoms with E-state index < -0.39 is 0 Å². The highest BCUT2D eigenvalue weighted by atomic mass is 16.2. The molecule has 0 unspecified atom stereocenters. The maximum atomic E-state index is 11.5. The number of carbonyl (C=O) groups is 2. The summed E-state index contributed by atoms with van der Waals surface area (Å²) in [6.45, 7) is 3.97. The predicted molar refractivity (Wildman–Crippen MR) is 47.0 cm³/mol. The van der Waals surface area contributed by atoms with Crippen molar-refractivity contribution in [3.05, 3.63) is 0 Å². The number of carbonyl (C=O) groups excluding carboxylic acids is 2. The molecular formula is C9H14N2O2. The van der Waals surface area contributed by atoms with Crippen molar-refractivity contribution in [3.63, 3.8) is 0 Å². The molecule has 2 aliphatic rings. The van der Waals surface area contributed by atoms with Gasteiger partial charge in [-0.25, -0.2) is 0 Å². The molecule has 72 valence electrons. The van der Waals surface area contributed by atoms with Gasteiger partial charge in [-0.15, -0.1) is 0 Å². The van der Waals surface area contributed by atoms with Crippen LogP contribution in [0.4, 0.5) is 0 Å². The summed E-state index contributed by atoms with van der Waals surface area (Å²) in [7, 11) is 0. The minimum absolute atomic E-state index is 0.296. The molecule has 2 fully saturated rings. The Labute approximate surface area is 77.5 Å². The Bertz CT molecular complexity index is 248. The van der Waals surface area contributed by atoms with Crippen LogP contribution in [-0.2, 0) is 9.59 Å². The normalized spacial score (nSPS) is 24.1. The monoisotopic (exact) mass is 182 g/mol. The first-order chi connectivity index (χ1) is 6.24. The first-order valence-corrected chi connectivity index (χ1v) is 4.84. The van der Waals surface area contributed by atoms with Crippen molar-refractivity contribution in [2.45, 2.75) is 25.8 Å². The molecule has 0 bridgehead atoms. The Morgan fingerprint density at radius 1 is 1.23 bits per heavy atom. The van der Waals surface area contributed by atoms with E-state index in [0.717, 1.165) is 19.4 Å². The first kappa shape index (κ1) is 8.53. The van der Waals surface area contributed by atoms with Crippen LogP contribution in [0.2, 0.25) is 0 Å². The molecule has 4 nitrogen and oxygen atoms in total. The molecular weight excluding hydrogens is 168 g/mol. The fraction of sp³-hybridized carbons (Fsp3) is 0.778. The van der Waals surface area contributed by atoms with Gasteiger partial charge in [-0.05, 0) is 19.8 Å². The number of hydrogen-bond acceptors (Lipinski definition) is 2. The number of hydrogen-bond donors (Lipinski definition) is 0. The van der Waals surface area contributed by atoms with Gasteiger partial charge in [-0.1, -0.05) is 0 Å². The van der Waals surface area contributed by atoms with Crippen LogP contribution in [0.5, 0.6) is 0 Å². The molecule has 0 aromatic rings. The number of nitrogens with zero attached hydrogens (tertiary/aromatic N) is 2. The number of likely N-dealkylation sites (N-methyl/N-ethyl adjacent to an activating group) is 1. The summed E-state index contributed by atoms with van der Waals surface area (Å²) in [4.78, 5) is 26.3. The molecule has 13 heavy (non-hydrogen) atoms. The quantitative estimate of drug-likeness (QED) is 0.557. The van der Waals surface area contributed by atoms with Crippen LogP contribution in [-0.4, -0.2) is 47.3 Å². The molecule has 0 aromatic carbocycles. The van der Waals surface area contributed by atoms with Crippen LogP contribution >= 0.6 is 0 Å². The Kier molecular flexibility index (Phi) is 1.98. The maximum absolute atomic E-state index is 11.5. The first-order valence-electron chi connectivity index (χ1n) is 4.84. The topological polar surface area (TPSA) is 40.6 Å². The van der Waals surface area contributed by atoms with E-state index in [9.17, 15) is 9.59 Å². The Hall–Kier alpha value is -1.06. The molecule has 1 aliphatic carbocycles. The molecule has 4 heteroatoms. The second-order valence-electron chi connectivity index (χ2n) is 3.61. The SMILES string of the molecule is CCN1CCN(C2CC2)C(=O)C1=O. The zero-order chi connectivity index (χ0) is 9.42. The summed E-state index contributed by atoms with van der Waals surface area (Å²) < 4.78 is 0. The van der Waals surface area contributed by atoms with Crippen molar-refractivity contribution < 1.29 is 9.59 Å². The van der Waals surface area contributed by atoms with Crippen LogP contribution in [0.1, 0.15) is 19.8 Å². The lowest BCUT2D eigenvalue weighted by Crippen LogP contribution is -2.54. The van der Waals surface area contributed by atoms with Crippen molar-refractivity contribution in [3.8, 4) is 0 Å². The van der Waals surface area contributed by atoms with E-state index in [0.29, 0.717) is 19.1 Å². The summed E-state index contributed by atoms with van der Waals surface area (Å²) in [5.74, 6) is -0.615. The van der Waals surface area contributed by atoms with E-state index in [1.807, 2.05) is 6.92 Å². The molecule has 0 spiro atoms. The summed E-state index contributed by atoms with van der Waals surface area (Å²) in [5, 5.41) is 0. The van der Waals surface area contributed by atoms with Gasteiger partial charge in [0.15, 0.2) is 0 Å². The Balaban J connectivity index is 2.05. The van der Waals surface area contributed by atoms with Gasteiger partial charge in [0.1, 0.15) is 0 Å². The molecule has 0 N–H and O–H groups in total. The maximum Gasteiger partial charge on any atom is 0.312 e. The molecule has 2 amide bonds. The van der Waals surface area contributed by atoms with Crippen molar-refractivity contribution in [1.29, 1.82) is 0 Å². The van der Waals surface area contributed by atoms with E-state index in [4.69, 9.17) is 0 Å². The third kappa shape index (κ3) is 1.41. The van der Waals surface area contributed by atoms with E-state index in [2.05, 4.69) is 0 Å². The van der Waals surface area contributed by atoms with Gasteiger partial charge in [0, 0.05) is 25.7 Å². The highest BCUT2D eigenvalue weighted by molar-refractivity contribution is 6.35. The van der Waals surface area contributed by atoms with Gasteiger partial charge in [-0.3, -0.25) is 9.59 Å². The molecule has 0 radical (unpaired) electrons. The summed E-state index contributed by atoms with van der Waals surface area (Å²) in [5.41, 5.74) is 0. The minimum atomic E-state index is -0.319. The molecule has 2 rings (SSSR count). The number of rotatable bonds is 2. The lowest BCUT2D eigenvalue weighted by molar-refractivity contribution is -0.156. The van der Waals surface area contributed by atoms with Crippen LogP contribution in [0.15, 0.2) is 0 Å². The van der Waals surface area contributed by atoms with E-state index >= 15 is 0 Å². The van der Waals surface area contributed by atoms with Crippen molar-refractivity contribution in [2.24, 2.45) is 0 Å². The molecule has 1 saturated heterocycles. The fourth-order valence-electron chi connectivity index (χ4n) is 1.73. The largest absolute Gasteiger partial charge is 0.333 e. The lowest BCUT2D eigenvalue weighted by Gasteiger charge is -2.33. The minimum Gasteiger partial charge on any atom is -0.333 e. The van der Waals surface area contributed by atoms with Gasteiger partial charge in [0.05, 0.1) is 0 Å². The number of amides is 2. The summed E-state index contributed by atoms with van der Waals surface area (Å²) in [6.07, 6.45) is 2.15. The third-order valence-corrected chi connectivity index (χ3v) is 2.71. The van der Waals surface area contributed by atoms with E-state index in [1.165, 1.54) is 0 Å². The van der Waals surface area contributed by atoms with Gasteiger partial charge < -0.3 is 9.80 Å². The van der Waals surface area contributed by atoms with E-state index in [1.54, 1.807) is 9.80 Å². The van der Waals surface area contributed by atoms with Crippen LogP contribution in [0.25, 0.3) is 0 Å². The molecule has 1 heterocycles. The average molecular weight is 182 g/mol. The van der Waals surface area contributed by atoms with Gasteiger partial charge in [-0.2, -0.15) is 0 Å². The second-order valence-corrected chi connectivity index (χ2v) is 3.61. The number of piperazine rings is 1. The van der Waals surface area contributed by atoms with Crippen LogP contribution in [0, 0.1) is 0 Å². The zero-order valence-corrected chi connectivity index (χ0v) is 7.82. The molecule has 1 aliphatic heterocycles. The van der Waals surface area contributed by atoms with Crippen molar-refractivity contribution in [1.82, 2.24) is 9.80 Å². The summed E-state index contributed by atoms with van der Waals surface area (Å²) >= 11 is 0. The highest BCUT2D eigenvalue weighted by Gasteiger charge is 2.39. The lowest BCUT2D eigenvalue weighted by atomic mass is 10.3. The molecule has 1 saturated carbocycles. The van der Waals surface area contributed by atoms with Gasteiger partial charge in [0.2, 0.25) is 0 Å². The van der Waals surface area contributed by atoms with Crippen molar-refractivity contribution in [2.75, 3.05) is 19.6 Å². The van der Waals surface area contributed by atoms with Gasteiger partial charge >= 0.3 is 11.8 Å². The predicted octanol–water partition coefficient (Wildman–Crippen LogP) is -0.161. The van der Waals surface area contributed by atoms with E-state index in [-0.39, 0.29) is 11.8 Å². The summed E-state index contributed by atoms with van der Waals surface area (Å²) in [6, 6.07) is 0.371. The Morgan fingerprint density at radius 2 is 1.92 bits per heavy atom. The fourth-order valence-corrected chi connectivity index (χ4v) is 1.73. The Morgan fingerprint density at radius 3 is 2.46 bits per heavy atom. The zero-order valence-electron chi connectivity index (χ0n) is 7.82. The van der Waals surface area contributed by atoms with Crippen LogP contribution in [0.3, 0.4) is 0 Å².